The zero-order valence-corrected chi connectivity index (χ0v) is 15.2. The van der Waals surface area contributed by atoms with Crippen LogP contribution in [-0.4, -0.2) is 25.0 Å². The summed E-state index contributed by atoms with van der Waals surface area (Å²) in [5.41, 5.74) is 5.27. The molecule has 0 fully saturated rings. The van der Waals surface area contributed by atoms with E-state index in [9.17, 15) is 0 Å². The number of hydrazone groups is 1. The van der Waals surface area contributed by atoms with Crippen LogP contribution in [0.2, 0.25) is 5.02 Å². The highest BCUT2D eigenvalue weighted by molar-refractivity contribution is 7.80. The average molecular weight is 364 g/mol. The molecule has 2 aromatic rings. The molecule has 0 unspecified atom stereocenters. The zero-order chi connectivity index (χ0) is 17.5. The van der Waals surface area contributed by atoms with Crippen molar-refractivity contribution in [2.24, 2.45) is 5.10 Å². The molecule has 0 aromatic heterocycles. The molecule has 0 saturated carbocycles. The first kappa shape index (κ1) is 18.0. The van der Waals surface area contributed by atoms with E-state index in [1.54, 1.807) is 26.4 Å². The molecule has 24 heavy (non-hydrogen) atoms. The van der Waals surface area contributed by atoms with E-state index in [2.05, 4.69) is 15.8 Å². The monoisotopic (exact) mass is 363 g/mol. The number of hydrogen-bond acceptors (Lipinski definition) is 4. The normalized spacial score (nSPS) is 10.9. The van der Waals surface area contributed by atoms with Gasteiger partial charge in [-0.1, -0.05) is 23.7 Å². The number of methoxy groups -OCH3 is 2. The molecule has 0 heterocycles. The summed E-state index contributed by atoms with van der Waals surface area (Å²) < 4.78 is 10.5. The van der Waals surface area contributed by atoms with Gasteiger partial charge in [0.1, 0.15) is 0 Å². The molecule has 0 aliphatic heterocycles. The van der Waals surface area contributed by atoms with Gasteiger partial charge in [-0.25, -0.2) is 0 Å². The van der Waals surface area contributed by atoms with E-state index >= 15 is 0 Å². The molecule has 0 aliphatic carbocycles. The molecule has 5 nitrogen and oxygen atoms in total. The lowest BCUT2D eigenvalue weighted by Crippen LogP contribution is -2.25. The van der Waals surface area contributed by atoms with Gasteiger partial charge < -0.3 is 14.8 Å². The van der Waals surface area contributed by atoms with Gasteiger partial charge in [-0.05, 0) is 49.0 Å². The van der Waals surface area contributed by atoms with Gasteiger partial charge in [0.05, 0.1) is 19.9 Å². The van der Waals surface area contributed by atoms with Crippen molar-refractivity contribution in [1.82, 2.24) is 5.43 Å². The van der Waals surface area contributed by atoms with Crippen LogP contribution >= 0.6 is 23.8 Å². The van der Waals surface area contributed by atoms with E-state index in [1.807, 2.05) is 37.3 Å². The van der Waals surface area contributed by atoms with Gasteiger partial charge in [-0.15, -0.1) is 0 Å². The highest BCUT2D eigenvalue weighted by Crippen LogP contribution is 2.29. The third kappa shape index (κ3) is 4.84. The Kier molecular flexibility index (Phi) is 6.40. The number of anilines is 1. The Morgan fingerprint density at radius 2 is 1.83 bits per heavy atom. The minimum absolute atomic E-state index is 0.364. The lowest BCUT2D eigenvalue weighted by molar-refractivity contribution is 0.355. The van der Waals surface area contributed by atoms with Gasteiger partial charge in [-0.2, -0.15) is 5.10 Å². The third-order valence-corrected chi connectivity index (χ3v) is 3.64. The summed E-state index contributed by atoms with van der Waals surface area (Å²) >= 11 is 11.2. The summed E-state index contributed by atoms with van der Waals surface area (Å²) in [5.74, 6) is 1.26. The second-order valence-corrected chi connectivity index (χ2v) is 5.69. The topological polar surface area (TPSA) is 54.9 Å². The number of halogens is 1. The van der Waals surface area contributed by atoms with Gasteiger partial charge >= 0.3 is 0 Å². The van der Waals surface area contributed by atoms with Gasteiger partial charge in [0.15, 0.2) is 16.6 Å². The quantitative estimate of drug-likeness (QED) is 0.476. The van der Waals surface area contributed by atoms with E-state index in [0.717, 1.165) is 17.0 Å². The Morgan fingerprint density at radius 3 is 2.50 bits per heavy atom. The largest absolute Gasteiger partial charge is 0.493 e. The average Bonchev–Trinajstić information content (AvgIpc) is 2.59. The van der Waals surface area contributed by atoms with Gasteiger partial charge in [-0.3, -0.25) is 5.43 Å². The first-order chi connectivity index (χ1) is 11.5. The molecule has 0 bridgehead atoms. The number of nitrogens with zero attached hydrogens (tertiary/aromatic N) is 1. The van der Waals surface area contributed by atoms with Crippen molar-refractivity contribution in [3.63, 3.8) is 0 Å². The fraction of sp³-hybridized carbons (Fsp3) is 0.176. The van der Waals surface area contributed by atoms with Crippen LogP contribution in [0.15, 0.2) is 47.6 Å². The number of thiocarbonyl (C=S) groups is 1. The molecule has 0 atom stereocenters. The number of benzene rings is 2. The molecule has 0 amide bonds. The summed E-state index contributed by atoms with van der Waals surface area (Å²) in [5, 5.41) is 8.32. The molecule has 0 aliphatic rings. The second-order valence-electron chi connectivity index (χ2n) is 4.84. The van der Waals surface area contributed by atoms with Gasteiger partial charge in [0, 0.05) is 16.8 Å². The van der Waals surface area contributed by atoms with Crippen molar-refractivity contribution in [3.8, 4) is 11.5 Å². The van der Waals surface area contributed by atoms with Crippen LogP contribution in [0.5, 0.6) is 11.5 Å². The Hall–Kier alpha value is -2.31. The maximum absolute atomic E-state index is 5.98. The van der Waals surface area contributed by atoms with Crippen LogP contribution in [0.25, 0.3) is 0 Å². The molecule has 0 saturated heterocycles. The molecule has 2 aromatic carbocycles. The van der Waals surface area contributed by atoms with Crippen molar-refractivity contribution in [3.05, 3.63) is 53.1 Å². The standard InChI is InChI=1S/C17H18ClN3O2S/c1-11(12-5-4-6-13(18)9-12)20-21-17(24)19-14-7-8-15(22-2)16(10-14)23-3/h4-10H,1-3H3,(H2,19,21,24)/b20-11-. The van der Waals surface area contributed by atoms with Gasteiger partial charge in [0.2, 0.25) is 0 Å². The summed E-state index contributed by atoms with van der Waals surface area (Å²) in [7, 11) is 3.17. The minimum Gasteiger partial charge on any atom is -0.493 e. The predicted octanol–water partition coefficient (Wildman–Crippen LogP) is 4.07. The molecule has 0 spiro atoms. The van der Waals surface area contributed by atoms with E-state index in [0.29, 0.717) is 21.6 Å². The fourth-order valence-electron chi connectivity index (χ4n) is 1.99. The van der Waals surface area contributed by atoms with Crippen LogP contribution in [-0.2, 0) is 0 Å². The Bertz CT molecular complexity index is 765. The van der Waals surface area contributed by atoms with Crippen LogP contribution in [0.4, 0.5) is 5.69 Å². The number of rotatable bonds is 5. The van der Waals surface area contributed by atoms with E-state index in [-0.39, 0.29) is 0 Å². The zero-order valence-electron chi connectivity index (χ0n) is 13.6. The molecular weight excluding hydrogens is 346 g/mol. The van der Waals surface area contributed by atoms with E-state index in [4.69, 9.17) is 33.3 Å². The smallest absolute Gasteiger partial charge is 0.191 e. The fourth-order valence-corrected chi connectivity index (χ4v) is 2.34. The molecule has 2 N–H and O–H groups in total. The maximum atomic E-state index is 5.98. The van der Waals surface area contributed by atoms with Crippen LogP contribution in [0, 0.1) is 0 Å². The second kappa shape index (κ2) is 8.52. The lowest BCUT2D eigenvalue weighted by atomic mass is 10.1. The SMILES string of the molecule is COc1ccc(NC(=S)N/N=C(/C)c2cccc(Cl)c2)cc1OC. The highest BCUT2D eigenvalue weighted by atomic mass is 35.5. The van der Waals surface area contributed by atoms with Crippen molar-refractivity contribution in [1.29, 1.82) is 0 Å². The summed E-state index contributed by atoms with van der Waals surface area (Å²) in [4.78, 5) is 0. The Morgan fingerprint density at radius 1 is 1.08 bits per heavy atom. The van der Waals surface area contributed by atoms with Crippen molar-refractivity contribution >= 4 is 40.3 Å². The number of hydrogen-bond donors (Lipinski definition) is 2. The first-order valence-electron chi connectivity index (χ1n) is 7.12. The Labute approximate surface area is 151 Å². The molecule has 2 rings (SSSR count). The van der Waals surface area contributed by atoms with E-state index in [1.165, 1.54) is 0 Å². The van der Waals surface area contributed by atoms with Gasteiger partial charge in [0.25, 0.3) is 0 Å². The summed E-state index contributed by atoms with van der Waals surface area (Å²) in [6, 6.07) is 12.9. The molecule has 0 radical (unpaired) electrons. The number of nitrogens with one attached hydrogen (secondary N) is 2. The lowest BCUT2D eigenvalue weighted by Gasteiger charge is -2.12. The van der Waals surface area contributed by atoms with Crippen molar-refractivity contribution in [2.75, 3.05) is 19.5 Å². The van der Waals surface area contributed by atoms with Crippen LogP contribution in [0.3, 0.4) is 0 Å². The minimum atomic E-state index is 0.364. The Balaban J connectivity index is 2.02. The number of ether oxygens (including phenoxy) is 2. The summed E-state index contributed by atoms with van der Waals surface area (Å²) in [6.07, 6.45) is 0. The molecular formula is C17H18ClN3O2S. The molecule has 126 valence electrons. The summed E-state index contributed by atoms with van der Waals surface area (Å²) in [6.45, 7) is 1.87. The van der Waals surface area contributed by atoms with Crippen LogP contribution in [0.1, 0.15) is 12.5 Å². The maximum Gasteiger partial charge on any atom is 0.191 e. The predicted molar refractivity (Wildman–Crippen MR) is 103 cm³/mol. The van der Waals surface area contributed by atoms with E-state index < -0.39 is 0 Å². The van der Waals surface area contributed by atoms with Crippen molar-refractivity contribution in [2.45, 2.75) is 6.92 Å². The third-order valence-electron chi connectivity index (χ3n) is 3.21. The van der Waals surface area contributed by atoms with Crippen molar-refractivity contribution < 1.29 is 9.47 Å². The van der Waals surface area contributed by atoms with Crippen LogP contribution < -0.4 is 20.2 Å². The molecule has 7 heteroatoms. The first-order valence-corrected chi connectivity index (χ1v) is 7.91. The highest BCUT2D eigenvalue weighted by Gasteiger charge is 2.05.